The van der Waals surface area contributed by atoms with Crippen molar-refractivity contribution in [2.75, 3.05) is 5.33 Å². The second-order valence-electron chi connectivity index (χ2n) is 3.52. The molecule has 0 aliphatic rings. The lowest BCUT2D eigenvalue weighted by Crippen LogP contribution is -2.31. The van der Waals surface area contributed by atoms with Gasteiger partial charge in [0.05, 0.1) is 0 Å². The number of ether oxygens (including phenoxy) is 1. The summed E-state index contributed by atoms with van der Waals surface area (Å²) >= 11 is 3.31. The van der Waals surface area contributed by atoms with Crippen LogP contribution in [0.1, 0.15) is 20.3 Å². The van der Waals surface area contributed by atoms with Crippen molar-refractivity contribution < 1.29 is 9.53 Å². The van der Waals surface area contributed by atoms with Crippen molar-refractivity contribution in [1.82, 2.24) is 9.78 Å². The summed E-state index contributed by atoms with van der Waals surface area (Å²) in [5, 5.41) is 4.59. The monoisotopic (exact) mass is 260 g/mol. The molecule has 4 nitrogen and oxygen atoms in total. The Hall–Kier alpha value is -0.840. The normalized spacial score (nSPS) is 11.4. The van der Waals surface area contributed by atoms with Gasteiger partial charge in [-0.25, -0.2) is 4.79 Å². The predicted molar refractivity (Wildman–Crippen MR) is 56.6 cm³/mol. The first-order valence-corrected chi connectivity index (χ1v) is 5.46. The van der Waals surface area contributed by atoms with E-state index in [4.69, 9.17) is 4.74 Å². The maximum Gasteiger partial charge on any atom is 0.435 e. The average Bonchev–Trinajstić information content (AvgIpc) is 2.53. The van der Waals surface area contributed by atoms with Crippen molar-refractivity contribution in [2.24, 2.45) is 0 Å². The molecule has 0 saturated heterocycles. The van der Waals surface area contributed by atoms with Gasteiger partial charge in [-0.05, 0) is 26.3 Å². The molecule has 5 heteroatoms. The van der Waals surface area contributed by atoms with Gasteiger partial charge in [0.15, 0.2) is 0 Å². The highest BCUT2D eigenvalue weighted by molar-refractivity contribution is 9.09. The van der Waals surface area contributed by atoms with E-state index >= 15 is 0 Å². The highest BCUT2D eigenvalue weighted by Gasteiger charge is 2.22. The van der Waals surface area contributed by atoms with Gasteiger partial charge in [-0.15, -0.1) is 0 Å². The number of nitrogens with zero attached hydrogens (tertiary/aromatic N) is 2. The lowest BCUT2D eigenvalue weighted by atomic mass is 10.1. The summed E-state index contributed by atoms with van der Waals surface area (Å²) in [5.41, 5.74) is -0.466. The zero-order valence-electron chi connectivity index (χ0n) is 8.24. The Bertz CT molecular complexity index is 296. The molecule has 14 heavy (non-hydrogen) atoms. The summed E-state index contributed by atoms with van der Waals surface area (Å²) in [6, 6.07) is 1.68. The molecule has 0 aromatic carbocycles. The molecule has 1 aromatic rings. The molecular formula is C9H13BrN2O2. The van der Waals surface area contributed by atoms with Crippen LogP contribution in [-0.2, 0) is 4.74 Å². The lowest BCUT2D eigenvalue weighted by Gasteiger charge is -2.23. The number of aromatic nitrogens is 2. The van der Waals surface area contributed by atoms with E-state index in [1.165, 1.54) is 4.68 Å². The third-order valence-corrected chi connectivity index (χ3v) is 2.15. The molecule has 0 spiro atoms. The van der Waals surface area contributed by atoms with Crippen molar-refractivity contribution in [3.05, 3.63) is 18.5 Å². The number of carbonyl (C=O) groups excluding carboxylic acids is 1. The summed E-state index contributed by atoms with van der Waals surface area (Å²) < 4.78 is 6.43. The van der Waals surface area contributed by atoms with Crippen molar-refractivity contribution >= 4 is 22.0 Å². The molecule has 78 valence electrons. The molecular weight excluding hydrogens is 248 g/mol. The standard InChI is InChI=1S/C9H13BrN2O2/c1-9(2,4-5-10)14-8(13)12-7-3-6-11-12/h3,6-7H,4-5H2,1-2H3. The SMILES string of the molecule is CC(C)(CCBr)OC(=O)n1cccn1. The average molecular weight is 261 g/mol. The van der Waals surface area contributed by atoms with Crippen LogP contribution in [0.15, 0.2) is 18.5 Å². The number of rotatable bonds is 3. The van der Waals surface area contributed by atoms with Crippen molar-refractivity contribution in [1.29, 1.82) is 0 Å². The zero-order valence-corrected chi connectivity index (χ0v) is 9.82. The molecule has 0 fully saturated rings. The Morgan fingerprint density at radius 3 is 2.86 bits per heavy atom. The smallest absolute Gasteiger partial charge is 0.435 e. The van der Waals surface area contributed by atoms with Crippen LogP contribution in [-0.4, -0.2) is 26.8 Å². The maximum absolute atomic E-state index is 11.5. The highest BCUT2D eigenvalue weighted by atomic mass is 79.9. The van der Waals surface area contributed by atoms with Crippen molar-refractivity contribution in [2.45, 2.75) is 25.9 Å². The fraction of sp³-hybridized carbons (Fsp3) is 0.556. The van der Waals surface area contributed by atoms with E-state index in [0.29, 0.717) is 0 Å². The van der Waals surface area contributed by atoms with Crippen molar-refractivity contribution in [3.63, 3.8) is 0 Å². The minimum absolute atomic E-state index is 0.444. The molecule has 0 bridgehead atoms. The first-order chi connectivity index (χ1) is 6.55. The first kappa shape index (κ1) is 11.2. The molecule has 0 N–H and O–H groups in total. The fourth-order valence-electron chi connectivity index (χ4n) is 0.939. The Balaban J connectivity index is 2.57. The van der Waals surface area contributed by atoms with Crippen LogP contribution < -0.4 is 0 Å². The van der Waals surface area contributed by atoms with Crippen LogP contribution in [0.2, 0.25) is 0 Å². The minimum Gasteiger partial charge on any atom is -0.442 e. The molecule has 1 rings (SSSR count). The Morgan fingerprint density at radius 1 is 1.64 bits per heavy atom. The van der Waals surface area contributed by atoms with E-state index in [0.717, 1.165) is 11.8 Å². The van der Waals surface area contributed by atoms with Gasteiger partial charge in [-0.3, -0.25) is 0 Å². The third kappa shape index (κ3) is 3.14. The number of hydrogen-bond acceptors (Lipinski definition) is 3. The van der Waals surface area contributed by atoms with Crippen molar-refractivity contribution in [3.8, 4) is 0 Å². The molecule has 0 radical (unpaired) electrons. The zero-order chi connectivity index (χ0) is 10.6. The van der Waals surface area contributed by atoms with Gasteiger partial charge < -0.3 is 4.74 Å². The van der Waals surface area contributed by atoms with E-state index < -0.39 is 11.7 Å². The number of carbonyl (C=O) groups is 1. The summed E-state index contributed by atoms with van der Waals surface area (Å²) in [5.74, 6) is 0. The second-order valence-corrected chi connectivity index (χ2v) is 4.31. The molecule has 1 heterocycles. The largest absolute Gasteiger partial charge is 0.442 e. The lowest BCUT2D eigenvalue weighted by molar-refractivity contribution is 0.0362. The highest BCUT2D eigenvalue weighted by Crippen LogP contribution is 2.16. The molecule has 0 aliphatic heterocycles. The number of halogens is 1. The van der Waals surface area contributed by atoms with Crippen LogP contribution in [0.4, 0.5) is 4.79 Å². The summed E-state index contributed by atoms with van der Waals surface area (Å²) in [6.45, 7) is 3.74. The fourth-order valence-corrected chi connectivity index (χ4v) is 1.89. The van der Waals surface area contributed by atoms with E-state index in [9.17, 15) is 4.79 Å². The Labute approximate surface area is 91.4 Å². The quantitative estimate of drug-likeness (QED) is 0.785. The van der Waals surface area contributed by atoms with Gasteiger partial charge in [-0.1, -0.05) is 15.9 Å². The first-order valence-electron chi connectivity index (χ1n) is 4.34. The van der Waals surface area contributed by atoms with E-state index in [1.54, 1.807) is 18.5 Å². The molecule has 0 unspecified atom stereocenters. The van der Waals surface area contributed by atoms with Crippen LogP contribution >= 0.6 is 15.9 Å². The Kier molecular flexibility index (Phi) is 3.69. The summed E-state index contributed by atoms with van der Waals surface area (Å²) in [6.07, 6.45) is 3.42. The van der Waals surface area contributed by atoms with Crippen LogP contribution in [0.5, 0.6) is 0 Å². The number of hydrogen-bond donors (Lipinski definition) is 0. The molecule has 0 saturated carbocycles. The van der Waals surface area contributed by atoms with Gasteiger partial charge in [0.1, 0.15) is 5.60 Å². The van der Waals surface area contributed by atoms with Gasteiger partial charge in [0, 0.05) is 17.7 Å². The van der Waals surface area contributed by atoms with Crippen LogP contribution in [0.25, 0.3) is 0 Å². The second kappa shape index (κ2) is 4.59. The van der Waals surface area contributed by atoms with Gasteiger partial charge in [0.25, 0.3) is 0 Å². The predicted octanol–water partition coefficient (Wildman–Crippen LogP) is 2.43. The maximum atomic E-state index is 11.5. The summed E-state index contributed by atoms with van der Waals surface area (Å²) in [4.78, 5) is 11.5. The van der Waals surface area contributed by atoms with Crippen LogP contribution in [0.3, 0.4) is 0 Å². The molecule has 1 aromatic heterocycles. The number of alkyl halides is 1. The van der Waals surface area contributed by atoms with Gasteiger partial charge in [0.2, 0.25) is 0 Å². The molecule has 0 amide bonds. The third-order valence-electron chi connectivity index (χ3n) is 1.75. The topological polar surface area (TPSA) is 44.1 Å². The van der Waals surface area contributed by atoms with Gasteiger partial charge in [-0.2, -0.15) is 9.78 Å². The van der Waals surface area contributed by atoms with Gasteiger partial charge >= 0.3 is 6.09 Å². The van der Waals surface area contributed by atoms with E-state index in [-0.39, 0.29) is 0 Å². The molecule has 0 atom stereocenters. The summed E-state index contributed by atoms with van der Waals surface area (Å²) in [7, 11) is 0. The Morgan fingerprint density at radius 2 is 2.36 bits per heavy atom. The molecule has 0 aliphatic carbocycles. The van der Waals surface area contributed by atoms with Crippen LogP contribution in [0, 0.1) is 0 Å². The van der Waals surface area contributed by atoms with E-state index in [1.807, 2.05) is 13.8 Å². The minimum atomic E-state index is -0.466. The van der Waals surface area contributed by atoms with E-state index in [2.05, 4.69) is 21.0 Å².